The number of aliphatic hydroxyl groups excluding tert-OH is 1. The van der Waals surface area contributed by atoms with Gasteiger partial charge in [-0.2, -0.15) is 0 Å². The maximum atomic E-state index is 12.9. The van der Waals surface area contributed by atoms with Crippen molar-refractivity contribution >= 4 is 13.7 Å². The largest absolute Gasteiger partial charge is 0.756 e. The molecule has 0 heterocycles. The molecule has 0 fully saturated rings. The highest BCUT2D eigenvalue weighted by Gasteiger charge is 2.23. The van der Waals surface area contributed by atoms with Gasteiger partial charge in [0, 0.05) is 6.42 Å². The number of hydrogen-bond donors (Lipinski definition) is 2. The number of carbonyl (C=O) groups excluding carboxylic acids is 1. The van der Waals surface area contributed by atoms with E-state index in [9.17, 15) is 19.4 Å². The lowest BCUT2D eigenvalue weighted by atomic mass is 10.0. The van der Waals surface area contributed by atoms with E-state index in [4.69, 9.17) is 9.05 Å². The van der Waals surface area contributed by atoms with E-state index in [0.29, 0.717) is 17.4 Å². The van der Waals surface area contributed by atoms with Crippen LogP contribution in [0.4, 0.5) is 0 Å². The van der Waals surface area contributed by atoms with E-state index in [1.54, 1.807) is 6.08 Å². The molecular weight excluding hydrogens is 732 g/mol. The molecule has 1 amide bonds. The second-order valence-corrected chi connectivity index (χ2v) is 18.5. The Morgan fingerprint density at radius 3 is 1.56 bits per heavy atom. The highest BCUT2D eigenvalue weighted by atomic mass is 31.2. The topological polar surface area (TPSA) is 108 Å². The van der Waals surface area contributed by atoms with Gasteiger partial charge in [-0.3, -0.25) is 9.36 Å². The summed E-state index contributed by atoms with van der Waals surface area (Å²) in [5, 5.41) is 13.8. The first-order valence-electron chi connectivity index (χ1n) is 23.5. The van der Waals surface area contributed by atoms with Crippen LogP contribution in [0, 0.1) is 0 Å². The summed E-state index contributed by atoms with van der Waals surface area (Å²) in [6.45, 7) is 4.52. The summed E-state index contributed by atoms with van der Waals surface area (Å²) >= 11 is 0. The molecule has 0 aliphatic carbocycles. The minimum atomic E-state index is -4.59. The van der Waals surface area contributed by atoms with E-state index >= 15 is 0 Å². The van der Waals surface area contributed by atoms with Gasteiger partial charge in [-0.15, -0.1) is 0 Å². The molecule has 0 rings (SSSR count). The molecule has 0 saturated heterocycles. The SMILES string of the molecule is CC/C=C\C/C=C\C/C=C\CCCCCCCC(=O)NC(COP(=O)([O-])OCC[N+](C)(C)C)C(O)/C=C/CCCCCCCCCCCCCCCCCCCC. The van der Waals surface area contributed by atoms with Gasteiger partial charge in [-0.1, -0.05) is 191 Å². The fourth-order valence-corrected chi connectivity index (χ4v) is 7.30. The summed E-state index contributed by atoms with van der Waals surface area (Å²) in [6, 6.07) is -0.896. The van der Waals surface area contributed by atoms with Crippen LogP contribution >= 0.6 is 7.82 Å². The van der Waals surface area contributed by atoms with Gasteiger partial charge >= 0.3 is 0 Å². The maximum Gasteiger partial charge on any atom is 0.268 e. The van der Waals surface area contributed by atoms with Crippen LogP contribution in [-0.4, -0.2) is 68.5 Å². The predicted octanol–water partition coefficient (Wildman–Crippen LogP) is 12.6. The van der Waals surface area contributed by atoms with E-state index in [1.165, 1.54) is 103 Å². The van der Waals surface area contributed by atoms with Crippen molar-refractivity contribution in [1.29, 1.82) is 0 Å². The summed E-state index contributed by atoms with van der Waals surface area (Å²) in [4.78, 5) is 25.3. The lowest BCUT2D eigenvalue weighted by Crippen LogP contribution is -2.45. The lowest BCUT2D eigenvalue weighted by molar-refractivity contribution is -0.870. The molecule has 0 aromatic carbocycles. The van der Waals surface area contributed by atoms with E-state index in [-0.39, 0.29) is 19.1 Å². The number of rotatable bonds is 42. The second kappa shape index (κ2) is 39.9. The number of quaternary nitrogens is 1. The number of phosphoric acid groups is 1. The third-order valence-electron chi connectivity index (χ3n) is 10.3. The van der Waals surface area contributed by atoms with Crippen LogP contribution in [-0.2, 0) is 18.4 Å². The Morgan fingerprint density at radius 1 is 0.632 bits per heavy atom. The van der Waals surface area contributed by atoms with E-state index in [0.717, 1.165) is 77.0 Å². The third kappa shape index (κ3) is 42.4. The Morgan fingerprint density at radius 2 is 1.07 bits per heavy atom. The molecule has 0 spiro atoms. The monoisotopic (exact) mass is 823 g/mol. The van der Waals surface area contributed by atoms with Gasteiger partial charge < -0.3 is 28.8 Å². The average molecular weight is 823 g/mol. The van der Waals surface area contributed by atoms with Crippen molar-refractivity contribution in [2.24, 2.45) is 0 Å². The van der Waals surface area contributed by atoms with Crippen molar-refractivity contribution < 1.29 is 32.9 Å². The van der Waals surface area contributed by atoms with Gasteiger partial charge in [0.25, 0.3) is 7.82 Å². The number of phosphoric ester groups is 1. The fraction of sp³-hybridized carbons (Fsp3) is 0.812. The van der Waals surface area contributed by atoms with Gasteiger partial charge in [0.15, 0.2) is 0 Å². The number of nitrogens with zero attached hydrogens (tertiary/aromatic N) is 1. The Balaban J connectivity index is 4.39. The molecular formula is C48H91N2O6P. The second-order valence-electron chi connectivity index (χ2n) is 17.1. The van der Waals surface area contributed by atoms with Crippen molar-refractivity contribution in [2.75, 3.05) is 40.9 Å². The lowest BCUT2D eigenvalue weighted by Gasteiger charge is -2.29. The van der Waals surface area contributed by atoms with Crippen LogP contribution in [0.3, 0.4) is 0 Å². The smallest absolute Gasteiger partial charge is 0.268 e. The summed E-state index contributed by atoms with van der Waals surface area (Å²) in [6.07, 6.45) is 50.2. The maximum absolute atomic E-state index is 12.9. The molecule has 334 valence electrons. The van der Waals surface area contributed by atoms with Gasteiger partial charge in [0.2, 0.25) is 5.91 Å². The Labute approximate surface area is 352 Å². The highest BCUT2D eigenvalue weighted by Crippen LogP contribution is 2.38. The average Bonchev–Trinajstić information content (AvgIpc) is 3.16. The highest BCUT2D eigenvalue weighted by molar-refractivity contribution is 7.45. The number of amides is 1. The number of aliphatic hydroxyl groups is 1. The number of hydrogen-bond acceptors (Lipinski definition) is 6. The van der Waals surface area contributed by atoms with E-state index < -0.39 is 20.0 Å². The van der Waals surface area contributed by atoms with Crippen LogP contribution in [0.2, 0.25) is 0 Å². The number of unbranched alkanes of at least 4 members (excludes halogenated alkanes) is 23. The molecule has 0 aliphatic rings. The number of carbonyl (C=O) groups is 1. The Kier molecular flexibility index (Phi) is 38.8. The molecule has 0 saturated carbocycles. The Bertz CT molecular complexity index is 1070. The molecule has 8 nitrogen and oxygen atoms in total. The number of nitrogens with one attached hydrogen (secondary N) is 1. The van der Waals surface area contributed by atoms with Crippen LogP contribution in [0.15, 0.2) is 48.6 Å². The van der Waals surface area contributed by atoms with Crippen molar-refractivity contribution in [3.05, 3.63) is 48.6 Å². The minimum absolute atomic E-state index is 0.00596. The Hall–Kier alpha value is -1.54. The molecule has 0 aliphatic heterocycles. The zero-order valence-electron chi connectivity index (χ0n) is 37.8. The zero-order chi connectivity index (χ0) is 42.1. The molecule has 0 radical (unpaired) electrons. The zero-order valence-corrected chi connectivity index (χ0v) is 38.7. The molecule has 0 bridgehead atoms. The molecule has 0 aromatic rings. The molecule has 3 unspecified atom stereocenters. The normalized spacial score (nSPS) is 14.7. The molecule has 2 N–H and O–H groups in total. The van der Waals surface area contributed by atoms with Crippen molar-refractivity contribution in [3.8, 4) is 0 Å². The van der Waals surface area contributed by atoms with Gasteiger partial charge in [-0.05, 0) is 51.4 Å². The quantitative estimate of drug-likeness (QED) is 0.0275. The summed E-state index contributed by atoms with van der Waals surface area (Å²) in [5.74, 6) is -0.215. The van der Waals surface area contributed by atoms with Crippen LogP contribution in [0.5, 0.6) is 0 Å². The molecule has 57 heavy (non-hydrogen) atoms. The first-order chi connectivity index (χ1) is 27.5. The van der Waals surface area contributed by atoms with E-state index in [2.05, 4.69) is 55.6 Å². The number of allylic oxidation sites excluding steroid dienone is 7. The third-order valence-corrected chi connectivity index (χ3v) is 11.3. The standard InChI is InChI=1S/C48H91N2O6P/c1-6-8-10-12-14-16-18-20-22-23-24-25-26-28-29-31-33-35-37-39-41-47(51)46(45-56-57(53,54)55-44-43-50(3,4)5)49-48(52)42-40-38-36-34-32-30-27-21-19-17-15-13-11-9-7-2/h9,11,15,17,21,27,39,41,46-47,51H,6-8,10,12-14,16,18-20,22-26,28-38,40,42-45H2,1-5H3,(H-,49,52,53,54)/b11-9-,17-15-,27-21-,41-39+. The summed E-state index contributed by atoms with van der Waals surface area (Å²) in [5.41, 5.74) is 0. The summed E-state index contributed by atoms with van der Waals surface area (Å²) < 4.78 is 23.2. The molecule has 9 heteroatoms. The first-order valence-corrected chi connectivity index (χ1v) is 25.0. The number of likely N-dealkylation sites (N-methyl/N-ethyl adjacent to an activating group) is 1. The molecule has 0 aromatic heterocycles. The van der Waals surface area contributed by atoms with Crippen LogP contribution < -0.4 is 10.2 Å². The summed E-state index contributed by atoms with van der Waals surface area (Å²) in [7, 11) is 1.24. The predicted molar refractivity (Wildman–Crippen MR) is 242 cm³/mol. The fourth-order valence-electron chi connectivity index (χ4n) is 6.58. The van der Waals surface area contributed by atoms with Crippen LogP contribution in [0.1, 0.15) is 200 Å². The van der Waals surface area contributed by atoms with Crippen LogP contribution in [0.25, 0.3) is 0 Å². The van der Waals surface area contributed by atoms with Crippen molar-refractivity contribution in [3.63, 3.8) is 0 Å². The van der Waals surface area contributed by atoms with Gasteiger partial charge in [0.05, 0.1) is 39.9 Å². The van der Waals surface area contributed by atoms with Crippen molar-refractivity contribution in [1.82, 2.24) is 5.32 Å². The first kappa shape index (κ1) is 55.5. The minimum Gasteiger partial charge on any atom is -0.756 e. The van der Waals surface area contributed by atoms with Gasteiger partial charge in [0.1, 0.15) is 13.2 Å². The van der Waals surface area contributed by atoms with Gasteiger partial charge in [-0.25, -0.2) is 0 Å². The van der Waals surface area contributed by atoms with Crippen molar-refractivity contribution in [2.45, 2.75) is 212 Å². The molecule has 3 atom stereocenters. The van der Waals surface area contributed by atoms with E-state index in [1.807, 2.05) is 27.2 Å².